The number of halogens is 1. The van der Waals surface area contributed by atoms with Crippen LogP contribution < -0.4 is 25.6 Å². The van der Waals surface area contributed by atoms with Gasteiger partial charge in [-0.2, -0.15) is 0 Å². The van der Waals surface area contributed by atoms with Gasteiger partial charge in [0.1, 0.15) is 11.5 Å². The molecule has 0 aromatic heterocycles. The second-order valence-corrected chi connectivity index (χ2v) is 7.99. The van der Waals surface area contributed by atoms with Crippen LogP contribution >= 0.6 is 28.1 Å². The molecule has 0 bridgehead atoms. The highest BCUT2D eigenvalue weighted by Gasteiger charge is 2.11. The molecule has 0 saturated carbocycles. The number of amides is 2. The first-order valence-corrected chi connectivity index (χ1v) is 11.1. The van der Waals surface area contributed by atoms with Crippen LogP contribution in [0.1, 0.15) is 43.1 Å². The van der Waals surface area contributed by atoms with Gasteiger partial charge in [0.25, 0.3) is 11.8 Å². The molecule has 0 aliphatic carbocycles. The number of carbonyl (C=O) groups excluding carboxylic acids is 2. The minimum atomic E-state index is -0.452. The number of hydrogen-bond acceptors (Lipinski definition) is 5. The van der Waals surface area contributed by atoms with Crippen molar-refractivity contribution in [3.05, 3.63) is 58.1 Å². The Balaban J connectivity index is 1.79. The summed E-state index contributed by atoms with van der Waals surface area (Å²) in [5.41, 5.74) is 6.42. The summed E-state index contributed by atoms with van der Waals surface area (Å²) >= 11 is 8.48. The summed E-state index contributed by atoms with van der Waals surface area (Å²) in [6.07, 6.45) is 1.81. The summed E-state index contributed by atoms with van der Waals surface area (Å²) in [4.78, 5) is 24.4. The van der Waals surface area contributed by atoms with Crippen LogP contribution in [0.25, 0.3) is 0 Å². The molecule has 0 aliphatic heterocycles. The molecule has 7 nitrogen and oxygen atoms in total. The van der Waals surface area contributed by atoms with Crippen molar-refractivity contribution in [1.29, 1.82) is 0 Å². The Morgan fingerprint density at radius 3 is 2.58 bits per heavy atom. The van der Waals surface area contributed by atoms with Crippen molar-refractivity contribution in [2.24, 2.45) is 0 Å². The van der Waals surface area contributed by atoms with E-state index in [9.17, 15) is 9.59 Å². The van der Waals surface area contributed by atoms with Crippen LogP contribution in [0.15, 0.2) is 46.9 Å². The molecule has 1 atom stereocenters. The Kier molecular flexibility index (Phi) is 9.74. The fourth-order valence-corrected chi connectivity index (χ4v) is 3.10. The van der Waals surface area contributed by atoms with E-state index < -0.39 is 11.8 Å². The molecule has 9 heteroatoms. The highest BCUT2D eigenvalue weighted by molar-refractivity contribution is 9.10. The largest absolute Gasteiger partial charge is 0.491 e. The van der Waals surface area contributed by atoms with Crippen molar-refractivity contribution < 1.29 is 19.1 Å². The molecule has 3 N–H and O–H groups in total. The lowest BCUT2D eigenvalue weighted by molar-refractivity contribution is -0.123. The number of carbonyl (C=O) groups is 2. The summed E-state index contributed by atoms with van der Waals surface area (Å²) in [6, 6.07) is 12.5. The number of hydrazine groups is 1. The number of benzene rings is 2. The average Bonchev–Trinajstić information content (AvgIpc) is 2.76. The van der Waals surface area contributed by atoms with E-state index in [1.807, 2.05) is 26.0 Å². The van der Waals surface area contributed by atoms with Gasteiger partial charge in [-0.3, -0.25) is 25.8 Å². The summed E-state index contributed by atoms with van der Waals surface area (Å²) in [5, 5.41) is 2.46. The van der Waals surface area contributed by atoms with E-state index in [0.29, 0.717) is 17.1 Å². The van der Waals surface area contributed by atoms with Crippen LogP contribution in [0.5, 0.6) is 11.5 Å². The highest BCUT2D eigenvalue weighted by atomic mass is 79.9. The summed E-state index contributed by atoms with van der Waals surface area (Å²) in [7, 11) is 0. The standard InChI is InChI=1S/C22H26BrN3O4S/c1-4-14(3)30-17-8-6-7-16(12-17)21(28)24-22(31)26-25-20(27)13-29-19-10-9-15(5-2)11-18(19)23/h6-12,14H,4-5,13H2,1-3H3,(H,25,27)(H2,24,26,28,31). The van der Waals surface area contributed by atoms with Crippen LogP contribution in [-0.2, 0) is 11.2 Å². The molecule has 0 heterocycles. The van der Waals surface area contributed by atoms with Crippen molar-refractivity contribution >= 4 is 45.1 Å². The molecule has 0 saturated heterocycles. The molecule has 166 valence electrons. The Bertz CT molecular complexity index is 939. The SMILES string of the molecule is CCc1ccc(OCC(=O)NNC(=S)NC(=O)c2cccc(OC(C)CC)c2)c(Br)c1. The third kappa shape index (κ3) is 8.18. The Morgan fingerprint density at radius 2 is 1.90 bits per heavy atom. The van der Waals surface area contributed by atoms with E-state index >= 15 is 0 Å². The minimum absolute atomic E-state index is 0.0416. The fourth-order valence-electron chi connectivity index (χ4n) is 2.42. The Labute approximate surface area is 196 Å². The molecule has 0 aliphatic rings. The smallest absolute Gasteiger partial charge is 0.276 e. The Hall–Kier alpha value is -2.65. The first kappa shape index (κ1) is 24.6. The lowest BCUT2D eigenvalue weighted by Crippen LogP contribution is -2.49. The molecule has 0 spiro atoms. The third-order valence-corrected chi connectivity index (χ3v) is 5.14. The normalized spacial score (nSPS) is 11.2. The zero-order valence-corrected chi connectivity index (χ0v) is 20.1. The number of hydrogen-bond donors (Lipinski definition) is 3. The maximum Gasteiger partial charge on any atom is 0.276 e. The topological polar surface area (TPSA) is 88.7 Å². The zero-order valence-electron chi connectivity index (χ0n) is 17.7. The number of ether oxygens (including phenoxy) is 2. The number of aryl methyl sites for hydroxylation is 1. The molecule has 2 amide bonds. The van der Waals surface area contributed by atoms with Gasteiger partial charge in [-0.1, -0.05) is 26.0 Å². The van der Waals surface area contributed by atoms with Gasteiger partial charge in [0, 0.05) is 5.56 Å². The van der Waals surface area contributed by atoms with Crippen LogP contribution in [0.3, 0.4) is 0 Å². The van der Waals surface area contributed by atoms with Gasteiger partial charge >= 0.3 is 0 Å². The van der Waals surface area contributed by atoms with Crippen molar-refractivity contribution in [2.45, 2.75) is 39.7 Å². The van der Waals surface area contributed by atoms with Crippen LogP contribution in [-0.4, -0.2) is 29.6 Å². The monoisotopic (exact) mass is 507 g/mol. The molecular weight excluding hydrogens is 482 g/mol. The van der Waals surface area contributed by atoms with Crippen LogP contribution in [0.4, 0.5) is 0 Å². The second-order valence-electron chi connectivity index (χ2n) is 6.73. The van der Waals surface area contributed by atoms with Gasteiger partial charge in [0.2, 0.25) is 0 Å². The van der Waals surface area contributed by atoms with E-state index in [0.717, 1.165) is 22.9 Å². The number of rotatable bonds is 8. The molecule has 0 fully saturated rings. The zero-order chi connectivity index (χ0) is 22.8. The van der Waals surface area contributed by atoms with E-state index in [-0.39, 0.29) is 17.8 Å². The van der Waals surface area contributed by atoms with Crippen molar-refractivity contribution in [1.82, 2.24) is 16.2 Å². The summed E-state index contributed by atoms with van der Waals surface area (Å²) in [6.45, 7) is 5.81. The number of nitrogens with one attached hydrogen (secondary N) is 3. The maximum absolute atomic E-state index is 12.4. The van der Waals surface area contributed by atoms with E-state index in [4.69, 9.17) is 21.7 Å². The van der Waals surface area contributed by atoms with Gasteiger partial charge in [0.05, 0.1) is 10.6 Å². The van der Waals surface area contributed by atoms with Crippen LogP contribution in [0, 0.1) is 0 Å². The summed E-state index contributed by atoms with van der Waals surface area (Å²) in [5.74, 6) is 0.289. The predicted octanol–water partition coefficient (Wildman–Crippen LogP) is 3.90. The van der Waals surface area contributed by atoms with Crippen LogP contribution in [0.2, 0.25) is 0 Å². The first-order valence-electron chi connectivity index (χ1n) is 9.90. The van der Waals surface area contributed by atoms with Gasteiger partial charge in [-0.15, -0.1) is 0 Å². The summed E-state index contributed by atoms with van der Waals surface area (Å²) < 4.78 is 12.0. The Morgan fingerprint density at radius 1 is 1.13 bits per heavy atom. The predicted molar refractivity (Wildman–Crippen MR) is 127 cm³/mol. The van der Waals surface area contributed by atoms with Crippen molar-refractivity contribution in [2.75, 3.05) is 6.61 Å². The molecule has 31 heavy (non-hydrogen) atoms. The van der Waals surface area contributed by atoms with E-state index in [2.05, 4.69) is 39.0 Å². The number of thiocarbonyl (C=S) groups is 1. The van der Waals surface area contributed by atoms with Gasteiger partial charge in [-0.25, -0.2) is 0 Å². The molecule has 2 aromatic rings. The van der Waals surface area contributed by atoms with Gasteiger partial charge < -0.3 is 9.47 Å². The lowest BCUT2D eigenvalue weighted by atomic mass is 10.2. The van der Waals surface area contributed by atoms with Gasteiger partial charge in [-0.05, 0) is 83.8 Å². The molecular formula is C22H26BrN3O4S. The third-order valence-electron chi connectivity index (χ3n) is 4.31. The fraction of sp³-hybridized carbons (Fsp3) is 0.318. The first-order chi connectivity index (χ1) is 14.8. The molecule has 1 unspecified atom stereocenters. The van der Waals surface area contributed by atoms with Gasteiger partial charge in [0.15, 0.2) is 11.7 Å². The lowest BCUT2D eigenvalue weighted by Gasteiger charge is -2.14. The average molecular weight is 508 g/mol. The maximum atomic E-state index is 12.4. The molecule has 2 rings (SSSR count). The quantitative estimate of drug-likeness (QED) is 0.370. The highest BCUT2D eigenvalue weighted by Crippen LogP contribution is 2.26. The van der Waals surface area contributed by atoms with Crippen molar-refractivity contribution in [3.8, 4) is 11.5 Å². The van der Waals surface area contributed by atoms with E-state index in [1.54, 1.807) is 30.3 Å². The molecule has 2 aromatic carbocycles. The van der Waals surface area contributed by atoms with Crippen molar-refractivity contribution in [3.63, 3.8) is 0 Å². The minimum Gasteiger partial charge on any atom is -0.491 e. The second kappa shape index (κ2) is 12.3. The molecule has 0 radical (unpaired) electrons. The van der Waals surface area contributed by atoms with E-state index in [1.165, 1.54) is 0 Å².